The van der Waals surface area contributed by atoms with E-state index in [1.54, 1.807) is 16.7 Å². The van der Waals surface area contributed by atoms with E-state index >= 15 is 0 Å². The second-order valence-electron chi connectivity index (χ2n) is 5.22. The van der Waals surface area contributed by atoms with E-state index in [0.717, 1.165) is 6.42 Å². The van der Waals surface area contributed by atoms with E-state index in [4.69, 9.17) is 0 Å². The lowest BCUT2D eigenvalue weighted by Crippen LogP contribution is -1.92. The van der Waals surface area contributed by atoms with Crippen molar-refractivity contribution in [2.45, 2.75) is 85.0 Å². The highest BCUT2D eigenvalue weighted by Crippen LogP contribution is 2.35. The number of unbranched alkanes of at least 4 members (excludes halogenated alkanes) is 3. The highest BCUT2D eigenvalue weighted by atomic mass is 14.2. The van der Waals surface area contributed by atoms with Crippen LogP contribution in [-0.2, 0) is 0 Å². The molecular weight excluding hydrogens is 204 g/mol. The Balaban J connectivity index is 2.60. The fourth-order valence-electron chi connectivity index (χ4n) is 2.54. The molecule has 0 aromatic rings. The van der Waals surface area contributed by atoms with Gasteiger partial charge in [0.2, 0.25) is 0 Å². The molecule has 0 aromatic heterocycles. The summed E-state index contributed by atoms with van der Waals surface area (Å²) in [5.41, 5.74) is 4.99. The molecule has 1 rings (SSSR count). The van der Waals surface area contributed by atoms with E-state index in [0.29, 0.717) is 0 Å². The van der Waals surface area contributed by atoms with Crippen molar-refractivity contribution < 1.29 is 0 Å². The summed E-state index contributed by atoms with van der Waals surface area (Å²) in [6.45, 7) is 6.86. The van der Waals surface area contributed by atoms with Gasteiger partial charge >= 0.3 is 0 Å². The minimum Gasteiger partial charge on any atom is -0.0654 e. The molecule has 17 heavy (non-hydrogen) atoms. The molecule has 1 aliphatic carbocycles. The monoisotopic (exact) mass is 233 g/mol. The molecule has 0 aliphatic heterocycles. The summed E-state index contributed by atoms with van der Waals surface area (Å²) in [6, 6.07) is 0. The quantitative estimate of drug-likeness (QED) is 0.459. The van der Waals surface area contributed by atoms with Crippen LogP contribution in [-0.4, -0.2) is 0 Å². The normalized spacial score (nSPS) is 15.6. The van der Waals surface area contributed by atoms with Crippen molar-refractivity contribution in [1.29, 1.82) is 0 Å². The summed E-state index contributed by atoms with van der Waals surface area (Å²) in [7, 11) is 0. The molecule has 0 heteroatoms. The van der Waals surface area contributed by atoms with Crippen LogP contribution in [0.3, 0.4) is 0 Å². The fraction of sp³-hybridized carbons (Fsp3) is 0.765. The lowest BCUT2D eigenvalue weighted by atomic mass is 9.94. The zero-order chi connectivity index (χ0) is 12.5. The summed E-state index contributed by atoms with van der Waals surface area (Å²) in [4.78, 5) is 0. The Hall–Kier alpha value is -0.520. The molecule has 0 spiro atoms. The summed E-state index contributed by atoms with van der Waals surface area (Å²) >= 11 is 0. The summed E-state index contributed by atoms with van der Waals surface area (Å²) in [6.07, 6.45) is 16.6. The molecule has 1 aliphatic rings. The predicted molar refractivity (Wildman–Crippen MR) is 77.0 cm³/mol. The van der Waals surface area contributed by atoms with Crippen molar-refractivity contribution in [1.82, 2.24) is 0 Å². The predicted octanol–water partition coefficient (Wildman–Crippen LogP) is 5.99. The van der Waals surface area contributed by atoms with Gasteiger partial charge in [0.1, 0.15) is 0 Å². The molecule has 0 amide bonds. The number of allylic oxidation sites excluding steroid dienone is 4. The minimum absolute atomic E-state index is 1.14. The molecular formula is C17H29. The van der Waals surface area contributed by atoms with Crippen LogP contribution < -0.4 is 0 Å². The molecule has 0 heterocycles. The van der Waals surface area contributed by atoms with Crippen molar-refractivity contribution in [3.63, 3.8) is 0 Å². The van der Waals surface area contributed by atoms with Gasteiger partial charge < -0.3 is 0 Å². The van der Waals surface area contributed by atoms with Gasteiger partial charge in [0.05, 0.1) is 0 Å². The highest BCUT2D eigenvalue weighted by molar-refractivity contribution is 5.40. The number of hydrogen-bond acceptors (Lipinski definition) is 0. The van der Waals surface area contributed by atoms with Crippen LogP contribution in [0.4, 0.5) is 0 Å². The highest BCUT2D eigenvalue weighted by Gasteiger charge is 2.16. The van der Waals surface area contributed by atoms with E-state index in [2.05, 4.69) is 26.8 Å². The van der Waals surface area contributed by atoms with E-state index in [1.807, 2.05) is 0 Å². The van der Waals surface area contributed by atoms with Gasteiger partial charge in [0, 0.05) is 0 Å². The van der Waals surface area contributed by atoms with Gasteiger partial charge in [-0.05, 0) is 62.2 Å². The second kappa shape index (κ2) is 8.55. The van der Waals surface area contributed by atoms with Crippen LogP contribution in [0.5, 0.6) is 0 Å². The van der Waals surface area contributed by atoms with Crippen molar-refractivity contribution in [3.8, 4) is 0 Å². The lowest BCUT2D eigenvalue weighted by Gasteiger charge is -2.11. The summed E-state index contributed by atoms with van der Waals surface area (Å²) < 4.78 is 0. The first kappa shape index (κ1) is 14.5. The third-order valence-electron chi connectivity index (χ3n) is 3.70. The maximum absolute atomic E-state index is 3.65. The van der Waals surface area contributed by atoms with Gasteiger partial charge in [0.25, 0.3) is 0 Å². The Morgan fingerprint density at radius 3 is 2.06 bits per heavy atom. The molecule has 0 nitrogen and oxygen atoms in total. The van der Waals surface area contributed by atoms with Gasteiger partial charge in [-0.25, -0.2) is 0 Å². The van der Waals surface area contributed by atoms with Gasteiger partial charge in [0.15, 0.2) is 0 Å². The van der Waals surface area contributed by atoms with Crippen LogP contribution in [0, 0.1) is 6.08 Å². The Kier molecular flexibility index (Phi) is 7.32. The molecule has 1 radical (unpaired) electrons. The molecule has 0 N–H and O–H groups in total. The summed E-state index contributed by atoms with van der Waals surface area (Å²) in [5.74, 6) is 0. The first-order chi connectivity index (χ1) is 8.33. The standard InChI is InChI=1S/C17H29/c1-4-7-10-15-13-14-16(11-8-5-2)17(15)12-9-6-3/h4-13H2,1-3H3. The Morgan fingerprint density at radius 1 is 0.824 bits per heavy atom. The number of rotatable bonds is 9. The maximum atomic E-state index is 3.65. The first-order valence-corrected chi connectivity index (χ1v) is 7.64. The Labute approximate surface area is 108 Å². The smallest absolute Gasteiger partial charge is 0.00554 e. The minimum atomic E-state index is 1.14. The molecule has 0 saturated heterocycles. The maximum Gasteiger partial charge on any atom is -0.00554 e. The average molecular weight is 233 g/mol. The average Bonchev–Trinajstić information content (AvgIpc) is 2.73. The zero-order valence-corrected chi connectivity index (χ0v) is 12.1. The molecule has 0 bridgehead atoms. The van der Waals surface area contributed by atoms with Crippen molar-refractivity contribution in [2.75, 3.05) is 0 Å². The fourth-order valence-corrected chi connectivity index (χ4v) is 2.54. The van der Waals surface area contributed by atoms with Crippen LogP contribution >= 0.6 is 0 Å². The molecule has 0 unspecified atom stereocenters. The molecule has 0 atom stereocenters. The molecule has 97 valence electrons. The van der Waals surface area contributed by atoms with E-state index in [1.165, 1.54) is 57.8 Å². The molecule has 0 aromatic carbocycles. The third-order valence-corrected chi connectivity index (χ3v) is 3.70. The number of hydrogen-bond donors (Lipinski definition) is 0. The largest absolute Gasteiger partial charge is 0.0654 e. The van der Waals surface area contributed by atoms with Crippen molar-refractivity contribution >= 4 is 0 Å². The zero-order valence-electron chi connectivity index (χ0n) is 12.1. The Bertz CT molecular complexity index is 268. The third kappa shape index (κ3) is 4.69. The Morgan fingerprint density at radius 2 is 1.41 bits per heavy atom. The van der Waals surface area contributed by atoms with Crippen LogP contribution in [0.15, 0.2) is 16.7 Å². The van der Waals surface area contributed by atoms with Gasteiger partial charge in [-0.2, -0.15) is 0 Å². The van der Waals surface area contributed by atoms with E-state index in [9.17, 15) is 0 Å². The van der Waals surface area contributed by atoms with Gasteiger partial charge in [-0.1, -0.05) is 45.6 Å². The second-order valence-corrected chi connectivity index (χ2v) is 5.22. The van der Waals surface area contributed by atoms with Crippen LogP contribution in [0.25, 0.3) is 0 Å². The molecule has 0 saturated carbocycles. The van der Waals surface area contributed by atoms with Gasteiger partial charge in [-0.3, -0.25) is 0 Å². The summed E-state index contributed by atoms with van der Waals surface area (Å²) in [5, 5.41) is 0. The van der Waals surface area contributed by atoms with Gasteiger partial charge in [-0.15, -0.1) is 0 Å². The molecule has 0 fully saturated rings. The van der Waals surface area contributed by atoms with Crippen LogP contribution in [0.2, 0.25) is 0 Å². The van der Waals surface area contributed by atoms with E-state index in [-0.39, 0.29) is 0 Å². The SMILES string of the molecule is CCCCC1=[C]CC(CCCC)=C1CCCC. The van der Waals surface area contributed by atoms with E-state index < -0.39 is 0 Å². The van der Waals surface area contributed by atoms with Crippen molar-refractivity contribution in [3.05, 3.63) is 22.8 Å². The van der Waals surface area contributed by atoms with Crippen LogP contribution in [0.1, 0.15) is 85.0 Å². The lowest BCUT2D eigenvalue weighted by molar-refractivity contribution is 0.734. The van der Waals surface area contributed by atoms with Crippen molar-refractivity contribution in [2.24, 2.45) is 0 Å². The topological polar surface area (TPSA) is 0 Å². The first-order valence-electron chi connectivity index (χ1n) is 7.64.